The Hall–Kier alpha value is -3.02. The maximum atomic E-state index is 11.8. The summed E-state index contributed by atoms with van der Waals surface area (Å²) in [5.41, 5.74) is 3.46. The van der Waals surface area contributed by atoms with Crippen molar-refractivity contribution in [3.05, 3.63) is 53.6 Å². The van der Waals surface area contributed by atoms with Gasteiger partial charge in [0.15, 0.2) is 11.5 Å². The lowest BCUT2D eigenvalue weighted by molar-refractivity contribution is 0.0954. The Balaban J connectivity index is 2.05. The number of nitrogens with one attached hydrogen (secondary N) is 1. The zero-order valence-electron chi connectivity index (χ0n) is 12.2. The van der Waals surface area contributed by atoms with Gasteiger partial charge in [-0.25, -0.2) is 5.43 Å². The highest BCUT2D eigenvalue weighted by atomic mass is 16.5. The van der Waals surface area contributed by atoms with Crippen LogP contribution >= 0.6 is 0 Å². The van der Waals surface area contributed by atoms with Crippen LogP contribution in [-0.4, -0.2) is 31.4 Å². The summed E-state index contributed by atoms with van der Waals surface area (Å²) in [6, 6.07) is 11.3. The van der Waals surface area contributed by atoms with Crippen LogP contribution in [0.25, 0.3) is 0 Å². The van der Waals surface area contributed by atoms with Gasteiger partial charge in [-0.1, -0.05) is 6.07 Å². The topological polar surface area (TPSA) is 80.2 Å². The Kier molecular flexibility index (Phi) is 4.98. The largest absolute Gasteiger partial charge is 0.508 e. The number of hydrogen-bond acceptors (Lipinski definition) is 5. The Morgan fingerprint density at radius 1 is 1.14 bits per heavy atom. The molecule has 0 aromatic heterocycles. The summed E-state index contributed by atoms with van der Waals surface area (Å²) >= 11 is 0. The van der Waals surface area contributed by atoms with Gasteiger partial charge in [0.05, 0.1) is 20.4 Å². The minimum absolute atomic E-state index is 0.0246. The molecular formula is C16H16N2O4. The highest BCUT2D eigenvalue weighted by molar-refractivity contribution is 5.95. The molecule has 0 bridgehead atoms. The molecule has 2 aromatic rings. The molecule has 2 rings (SSSR count). The van der Waals surface area contributed by atoms with Crippen molar-refractivity contribution in [2.45, 2.75) is 0 Å². The van der Waals surface area contributed by atoms with Crippen LogP contribution in [0.15, 0.2) is 47.6 Å². The van der Waals surface area contributed by atoms with Crippen molar-refractivity contribution in [2.75, 3.05) is 14.2 Å². The highest BCUT2D eigenvalue weighted by Crippen LogP contribution is 2.26. The number of aromatic hydroxyl groups is 1. The molecule has 0 unspecified atom stereocenters. The molecular weight excluding hydrogens is 284 g/mol. The minimum atomic E-state index is -0.410. The van der Waals surface area contributed by atoms with E-state index in [4.69, 9.17) is 9.47 Å². The average Bonchev–Trinajstić information content (AvgIpc) is 2.54. The van der Waals surface area contributed by atoms with E-state index in [9.17, 15) is 9.90 Å². The number of carbonyl (C=O) groups is 1. The quantitative estimate of drug-likeness (QED) is 0.655. The van der Waals surface area contributed by atoms with Crippen molar-refractivity contribution in [1.29, 1.82) is 0 Å². The van der Waals surface area contributed by atoms with E-state index in [0.717, 1.165) is 5.56 Å². The SMILES string of the molecule is COc1ccc(/C=N\NC(=O)c2cccc(O)c2)cc1OC. The lowest BCUT2D eigenvalue weighted by Crippen LogP contribution is -2.17. The maximum Gasteiger partial charge on any atom is 0.271 e. The zero-order chi connectivity index (χ0) is 15.9. The normalized spacial score (nSPS) is 10.5. The van der Waals surface area contributed by atoms with Crippen LogP contribution in [0.1, 0.15) is 15.9 Å². The van der Waals surface area contributed by atoms with E-state index in [1.165, 1.54) is 18.3 Å². The second-order valence-corrected chi connectivity index (χ2v) is 4.36. The van der Waals surface area contributed by atoms with E-state index in [-0.39, 0.29) is 5.75 Å². The number of rotatable bonds is 5. The molecule has 0 saturated carbocycles. The third kappa shape index (κ3) is 3.76. The Labute approximate surface area is 128 Å². The number of methoxy groups -OCH3 is 2. The molecule has 0 heterocycles. The van der Waals surface area contributed by atoms with Gasteiger partial charge >= 0.3 is 0 Å². The third-order valence-electron chi connectivity index (χ3n) is 2.90. The molecule has 2 aromatic carbocycles. The molecule has 0 spiro atoms. The Morgan fingerprint density at radius 2 is 1.91 bits per heavy atom. The lowest BCUT2D eigenvalue weighted by Gasteiger charge is -2.07. The summed E-state index contributed by atoms with van der Waals surface area (Å²) in [7, 11) is 3.10. The van der Waals surface area contributed by atoms with Crippen LogP contribution in [0.2, 0.25) is 0 Å². The van der Waals surface area contributed by atoms with Crippen LogP contribution in [0.3, 0.4) is 0 Å². The number of carbonyl (C=O) groups excluding carboxylic acids is 1. The van der Waals surface area contributed by atoms with Crippen LogP contribution in [0.4, 0.5) is 0 Å². The fourth-order valence-corrected chi connectivity index (χ4v) is 1.81. The number of benzene rings is 2. The first kappa shape index (κ1) is 15.4. The van der Waals surface area contributed by atoms with Crippen LogP contribution in [0.5, 0.6) is 17.2 Å². The third-order valence-corrected chi connectivity index (χ3v) is 2.90. The zero-order valence-corrected chi connectivity index (χ0v) is 12.2. The minimum Gasteiger partial charge on any atom is -0.508 e. The molecule has 1 amide bonds. The van der Waals surface area contributed by atoms with Gasteiger partial charge in [-0.3, -0.25) is 4.79 Å². The number of hydrazone groups is 1. The summed E-state index contributed by atoms with van der Waals surface area (Å²) < 4.78 is 10.3. The second-order valence-electron chi connectivity index (χ2n) is 4.36. The van der Waals surface area contributed by atoms with Crippen molar-refractivity contribution in [2.24, 2.45) is 5.10 Å². The molecule has 6 nitrogen and oxygen atoms in total. The molecule has 0 atom stereocenters. The van der Waals surface area contributed by atoms with E-state index >= 15 is 0 Å². The van der Waals surface area contributed by atoms with Gasteiger partial charge in [0, 0.05) is 5.56 Å². The summed E-state index contributed by atoms with van der Waals surface area (Å²) in [5.74, 6) is 0.804. The van der Waals surface area contributed by atoms with Crippen molar-refractivity contribution < 1.29 is 19.4 Å². The van der Waals surface area contributed by atoms with Crippen LogP contribution in [-0.2, 0) is 0 Å². The van der Waals surface area contributed by atoms with Gasteiger partial charge in [0.2, 0.25) is 0 Å². The number of phenols is 1. The van der Waals surface area contributed by atoms with E-state index < -0.39 is 5.91 Å². The Morgan fingerprint density at radius 3 is 2.59 bits per heavy atom. The molecule has 22 heavy (non-hydrogen) atoms. The smallest absolute Gasteiger partial charge is 0.271 e. The van der Waals surface area contributed by atoms with Crippen molar-refractivity contribution in [3.63, 3.8) is 0 Å². The molecule has 0 radical (unpaired) electrons. The van der Waals surface area contributed by atoms with Crippen molar-refractivity contribution in [1.82, 2.24) is 5.43 Å². The molecule has 0 saturated heterocycles. The molecule has 0 fully saturated rings. The lowest BCUT2D eigenvalue weighted by atomic mass is 10.2. The number of ether oxygens (including phenoxy) is 2. The number of nitrogens with zero attached hydrogens (tertiary/aromatic N) is 1. The molecule has 2 N–H and O–H groups in total. The average molecular weight is 300 g/mol. The summed E-state index contributed by atoms with van der Waals surface area (Å²) in [6.07, 6.45) is 1.49. The van der Waals surface area contributed by atoms with E-state index in [0.29, 0.717) is 17.1 Å². The fraction of sp³-hybridized carbons (Fsp3) is 0.125. The standard InChI is InChI=1S/C16H16N2O4/c1-21-14-7-6-11(8-15(14)22-2)10-17-18-16(20)12-4-3-5-13(19)9-12/h3-10,19H,1-2H3,(H,18,20)/b17-10-. The maximum absolute atomic E-state index is 11.8. The van der Waals surface area contributed by atoms with Gasteiger partial charge in [0.25, 0.3) is 5.91 Å². The molecule has 0 aliphatic rings. The first-order valence-electron chi connectivity index (χ1n) is 6.48. The highest BCUT2D eigenvalue weighted by Gasteiger charge is 2.05. The fourth-order valence-electron chi connectivity index (χ4n) is 1.81. The van der Waals surface area contributed by atoms with Crippen molar-refractivity contribution >= 4 is 12.1 Å². The first-order valence-corrected chi connectivity index (χ1v) is 6.48. The van der Waals surface area contributed by atoms with E-state index in [1.807, 2.05) is 0 Å². The summed E-state index contributed by atoms with van der Waals surface area (Å²) in [6.45, 7) is 0. The van der Waals surface area contributed by atoms with Gasteiger partial charge in [-0.15, -0.1) is 0 Å². The van der Waals surface area contributed by atoms with Gasteiger partial charge < -0.3 is 14.6 Å². The molecule has 6 heteroatoms. The summed E-state index contributed by atoms with van der Waals surface area (Å²) in [4.78, 5) is 11.8. The molecule has 0 aliphatic carbocycles. The number of phenolic OH excluding ortho intramolecular Hbond substituents is 1. The predicted molar refractivity (Wildman–Crippen MR) is 82.7 cm³/mol. The first-order chi connectivity index (χ1) is 10.6. The van der Waals surface area contributed by atoms with Gasteiger partial charge in [-0.2, -0.15) is 5.10 Å². The number of amides is 1. The number of hydrogen-bond donors (Lipinski definition) is 2. The van der Waals surface area contributed by atoms with Gasteiger partial charge in [-0.05, 0) is 42.0 Å². The van der Waals surface area contributed by atoms with Crippen molar-refractivity contribution in [3.8, 4) is 17.2 Å². The molecule has 114 valence electrons. The molecule has 0 aliphatic heterocycles. The van der Waals surface area contributed by atoms with E-state index in [2.05, 4.69) is 10.5 Å². The van der Waals surface area contributed by atoms with E-state index in [1.54, 1.807) is 44.6 Å². The van der Waals surface area contributed by atoms with Crippen LogP contribution in [0, 0.1) is 0 Å². The van der Waals surface area contributed by atoms with Crippen LogP contribution < -0.4 is 14.9 Å². The Bertz CT molecular complexity index is 698. The monoisotopic (exact) mass is 300 g/mol. The second kappa shape index (κ2) is 7.12. The predicted octanol–water partition coefficient (Wildman–Crippen LogP) is 2.17. The summed E-state index contributed by atoms with van der Waals surface area (Å²) in [5, 5.41) is 13.2. The van der Waals surface area contributed by atoms with Gasteiger partial charge in [0.1, 0.15) is 5.75 Å².